The van der Waals surface area contributed by atoms with Crippen LogP contribution in [0.4, 0.5) is 10.5 Å². The van der Waals surface area contributed by atoms with Gasteiger partial charge in [0.2, 0.25) is 5.91 Å². The zero-order chi connectivity index (χ0) is 23.3. The van der Waals surface area contributed by atoms with Crippen LogP contribution in [0.2, 0.25) is 5.02 Å². The molecule has 0 spiro atoms. The maximum absolute atomic E-state index is 12.4. The van der Waals surface area contributed by atoms with E-state index in [1.54, 1.807) is 30.3 Å². The van der Waals surface area contributed by atoms with Gasteiger partial charge in [0.25, 0.3) is 17.1 Å². The fourth-order valence-electron chi connectivity index (χ4n) is 2.76. The number of carbonyl (C=O) groups excluding carboxylic acids is 4. The van der Waals surface area contributed by atoms with E-state index in [1.165, 1.54) is 19.3 Å². The largest absolute Gasteiger partial charge is 0.493 e. The summed E-state index contributed by atoms with van der Waals surface area (Å²) in [4.78, 5) is 48.4. The van der Waals surface area contributed by atoms with Gasteiger partial charge in [0.1, 0.15) is 6.54 Å². The Kier molecular flexibility index (Phi) is 7.39. The van der Waals surface area contributed by atoms with E-state index < -0.39 is 23.6 Å². The second kappa shape index (κ2) is 10.2. The number of anilines is 1. The van der Waals surface area contributed by atoms with Gasteiger partial charge in [-0.05, 0) is 47.7 Å². The molecule has 2 aromatic rings. The Hall–Kier alpha value is -3.50. The molecule has 1 heterocycles. The minimum Gasteiger partial charge on any atom is -0.493 e. The number of hydrogen-bond acceptors (Lipinski definition) is 7. The predicted octanol–water partition coefficient (Wildman–Crippen LogP) is 2.89. The highest BCUT2D eigenvalue weighted by molar-refractivity contribution is 8.18. The number of halogens is 1. The molecule has 1 aliphatic heterocycles. The lowest BCUT2D eigenvalue weighted by Crippen LogP contribution is -2.36. The van der Waals surface area contributed by atoms with Gasteiger partial charge in [-0.3, -0.25) is 24.1 Å². The van der Waals surface area contributed by atoms with Crippen molar-refractivity contribution in [1.82, 2.24) is 4.90 Å². The SMILES string of the molecule is COc1cc(/C=C2\SC(=O)N(CC(N)=O)C2=O)cc(Cl)c1OCC(=O)Nc1ccccc1. The van der Waals surface area contributed by atoms with Crippen LogP contribution in [0.3, 0.4) is 0 Å². The smallest absolute Gasteiger partial charge is 0.294 e. The predicted molar refractivity (Wildman–Crippen MR) is 120 cm³/mol. The highest BCUT2D eigenvalue weighted by atomic mass is 35.5. The Morgan fingerprint density at radius 3 is 2.59 bits per heavy atom. The first-order chi connectivity index (χ1) is 15.3. The fraction of sp³-hybridized carbons (Fsp3) is 0.143. The van der Waals surface area contributed by atoms with Crippen LogP contribution in [0, 0.1) is 0 Å². The summed E-state index contributed by atoms with van der Waals surface area (Å²) >= 11 is 6.99. The number of nitrogens with two attached hydrogens (primary N) is 1. The average Bonchev–Trinajstić information content (AvgIpc) is 3.00. The summed E-state index contributed by atoms with van der Waals surface area (Å²) in [5.41, 5.74) is 6.15. The van der Waals surface area contributed by atoms with E-state index in [4.69, 9.17) is 26.8 Å². The number of nitrogens with zero attached hydrogens (tertiary/aromatic N) is 1. The lowest BCUT2D eigenvalue weighted by molar-refractivity contribution is -0.127. The molecular formula is C21H18ClN3O6S. The number of benzene rings is 2. The number of thioether (sulfide) groups is 1. The second-order valence-corrected chi connectivity index (χ2v) is 7.87. The molecule has 11 heteroatoms. The lowest BCUT2D eigenvalue weighted by Gasteiger charge is -2.13. The van der Waals surface area contributed by atoms with Crippen LogP contribution < -0.4 is 20.5 Å². The summed E-state index contributed by atoms with van der Waals surface area (Å²) in [6.07, 6.45) is 1.44. The third-order valence-corrected chi connectivity index (χ3v) is 5.33. The van der Waals surface area contributed by atoms with Crippen LogP contribution in [0.5, 0.6) is 11.5 Å². The molecule has 1 fully saturated rings. The average molecular weight is 476 g/mol. The van der Waals surface area contributed by atoms with E-state index in [1.807, 2.05) is 6.07 Å². The van der Waals surface area contributed by atoms with Crippen molar-refractivity contribution in [2.75, 3.05) is 25.6 Å². The highest BCUT2D eigenvalue weighted by Crippen LogP contribution is 2.39. The molecule has 3 rings (SSSR count). The normalized spacial score (nSPS) is 14.6. The number of carbonyl (C=O) groups is 4. The first kappa shape index (κ1) is 23.2. The highest BCUT2D eigenvalue weighted by Gasteiger charge is 2.35. The molecule has 32 heavy (non-hydrogen) atoms. The van der Waals surface area contributed by atoms with Crippen molar-refractivity contribution in [2.24, 2.45) is 5.73 Å². The van der Waals surface area contributed by atoms with Gasteiger partial charge in [0.05, 0.1) is 17.0 Å². The Balaban J connectivity index is 1.74. The topological polar surface area (TPSA) is 128 Å². The third kappa shape index (κ3) is 5.59. The molecule has 166 valence electrons. The minimum atomic E-state index is -0.795. The lowest BCUT2D eigenvalue weighted by atomic mass is 10.1. The van der Waals surface area contributed by atoms with Gasteiger partial charge in [0, 0.05) is 5.69 Å². The van der Waals surface area contributed by atoms with E-state index in [9.17, 15) is 19.2 Å². The summed E-state index contributed by atoms with van der Waals surface area (Å²) < 4.78 is 10.8. The number of primary amides is 1. The van der Waals surface area contributed by atoms with E-state index in [-0.39, 0.29) is 33.9 Å². The molecule has 0 aromatic heterocycles. The first-order valence-electron chi connectivity index (χ1n) is 9.17. The number of imide groups is 1. The van der Waals surface area contributed by atoms with Crippen molar-refractivity contribution >= 4 is 58.1 Å². The summed E-state index contributed by atoms with van der Waals surface area (Å²) in [5.74, 6) is -1.44. The first-order valence-corrected chi connectivity index (χ1v) is 10.4. The monoisotopic (exact) mass is 475 g/mol. The molecular weight excluding hydrogens is 458 g/mol. The molecule has 0 unspecified atom stereocenters. The zero-order valence-corrected chi connectivity index (χ0v) is 18.4. The van der Waals surface area contributed by atoms with Crippen molar-refractivity contribution in [2.45, 2.75) is 0 Å². The number of ether oxygens (including phenoxy) is 2. The number of para-hydroxylation sites is 1. The van der Waals surface area contributed by atoms with Gasteiger partial charge in [-0.15, -0.1) is 0 Å². The number of hydrogen-bond donors (Lipinski definition) is 2. The maximum Gasteiger partial charge on any atom is 0.294 e. The van der Waals surface area contributed by atoms with Crippen molar-refractivity contribution in [3.05, 3.63) is 58.0 Å². The summed E-state index contributed by atoms with van der Waals surface area (Å²) in [6, 6.07) is 11.9. The summed E-state index contributed by atoms with van der Waals surface area (Å²) in [7, 11) is 1.40. The van der Waals surface area contributed by atoms with E-state index in [0.717, 1.165) is 4.90 Å². The van der Waals surface area contributed by atoms with Gasteiger partial charge in [0.15, 0.2) is 18.1 Å². The molecule has 0 saturated carbocycles. The molecule has 0 atom stereocenters. The van der Waals surface area contributed by atoms with Crippen molar-refractivity contribution in [1.29, 1.82) is 0 Å². The molecule has 0 aliphatic carbocycles. The van der Waals surface area contributed by atoms with E-state index >= 15 is 0 Å². The van der Waals surface area contributed by atoms with Crippen LogP contribution in [0.15, 0.2) is 47.4 Å². The molecule has 0 radical (unpaired) electrons. The quantitative estimate of drug-likeness (QED) is 0.562. The Morgan fingerprint density at radius 1 is 1.22 bits per heavy atom. The molecule has 0 bridgehead atoms. The summed E-state index contributed by atoms with van der Waals surface area (Å²) in [5, 5.41) is 2.23. The van der Waals surface area contributed by atoms with Gasteiger partial charge in [-0.2, -0.15) is 0 Å². The van der Waals surface area contributed by atoms with Crippen molar-refractivity contribution in [3.63, 3.8) is 0 Å². The number of amides is 4. The maximum atomic E-state index is 12.4. The standard InChI is InChI=1S/C21H18ClN3O6S/c1-30-15-8-12(9-16-20(28)25(10-17(23)26)21(29)32-16)7-14(22)19(15)31-11-18(27)24-13-5-3-2-4-6-13/h2-9H,10-11H2,1H3,(H2,23,26)(H,24,27)/b16-9-. The number of nitrogens with one attached hydrogen (secondary N) is 1. The van der Waals surface area contributed by atoms with Crippen molar-refractivity contribution < 1.29 is 28.7 Å². The Labute approximate surface area is 192 Å². The van der Waals surface area contributed by atoms with Gasteiger partial charge in [-0.25, -0.2) is 0 Å². The van der Waals surface area contributed by atoms with E-state index in [0.29, 0.717) is 23.0 Å². The fourth-order valence-corrected chi connectivity index (χ4v) is 3.87. The minimum absolute atomic E-state index is 0.102. The number of rotatable bonds is 8. The zero-order valence-electron chi connectivity index (χ0n) is 16.8. The van der Waals surface area contributed by atoms with Crippen molar-refractivity contribution in [3.8, 4) is 11.5 Å². The van der Waals surface area contributed by atoms with Crippen LogP contribution in [-0.2, 0) is 14.4 Å². The van der Waals surface area contributed by atoms with Crippen LogP contribution in [0.1, 0.15) is 5.56 Å². The van der Waals surface area contributed by atoms with Gasteiger partial charge >= 0.3 is 0 Å². The Bertz CT molecular complexity index is 1110. The van der Waals surface area contributed by atoms with Gasteiger partial charge < -0.3 is 20.5 Å². The second-order valence-electron chi connectivity index (χ2n) is 6.47. The molecule has 1 aliphatic rings. The molecule has 3 N–H and O–H groups in total. The van der Waals surface area contributed by atoms with Crippen LogP contribution in [0.25, 0.3) is 6.08 Å². The third-order valence-electron chi connectivity index (χ3n) is 4.14. The number of methoxy groups -OCH3 is 1. The van der Waals surface area contributed by atoms with Crippen LogP contribution >= 0.6 is 23.4 Å². The molecule has 9 nitrogen and oxygen atoms in total. The van der Waals surface area contributed by atoms with Crippen LogP contribution in [-0.4, -0.2) is 48.1 Å². The van der Waals surface area contributed by atoms with Gasteiger partial charge in [-0.1, -0.05) is 29.8 Å². The molecule has 4 amide bonds. The summed E-state index contributed by atoms with van der Waals surface area (Å²) in [6.45, 7) is -0.805. The Morgan fingerprint density at radius 2 is 1.94 bits per heavy atom. The molecule has 1 saturated heterocycles. The van der Waals surface area contributed by atoms with E-state index in [2.05, 4.69) is 5.32 Å². The molecule has 2 aromatic carbocycles.